The summed E-state index contributed by atoms with van der Waals surface area (Å²) in [6.07, 6.45) is -0.935. The average Bonchev–Trinajstić information content (AvgIpc) is 2.62. The molecule has 0 aliphatic carbocycles. The van der Waals surface area contributed by atoms with Gasteiger partial charge in [0.05, 0.1) is 12.7 Å². The number of piperazine rings is 1. The highest BCUT2D eigenvalue weighted by molar-refractivity contribution is 5.94. The Hall–Kier alpha value is -3.08. The summed E-state index contributed by atoms with van der Waals surface area (Å²) in [6, 6.07) is 8.03. The average molecular weight is 345 g/mol. The predicted molar refractivity (Wildman–Crippen MR) is 86.8 cm³/mol. The van der Waals surface area contributed by atoms with Gasteiger partial charge in [-0.1, -0.05) is 0 Å². The minimum absolute atomic E-state index is 0.143. The van der Waals surface area contributed by atoms with Gasteiger partial charge >= 0.3 is 6.16 Å². The Balaban J connectivity index is 1.90. The number of ether oxygens (including phenoxy) is 2. The van der Waals surface area contributed by atoms with Gasteiger partial charge in [0.15, 0.2) is 0 Å². The smallest absolute Gasteiger partial charge is 0.434 e. The number of benzene rings is 1. The van der Waals surface area contributed by atoms with E-state index in [4.69, 9.17) is 10.00 Å². The van der Waals surface area contributed by atoms with Crippen molar-refractivity contribution in [3.63, 3.8) is 0 Å². The van der Waals surface area contributed by atoms with Crippen molar-refractivity contribution < 1.29 is 23.9 Å². The van der Waals surface area contributed by atoms with Gasteiger partial charge in [-0.25, -0.2) is 4.79 Å². The van der Waals surface area contributed by atoms with E-state index in [0.29, 0.717) is 37.5 Å². The van der Waals surface area contributed by atoms with E-state index >= 15 is 0 Å². The van der Waals surface area contributed by atoms with E-state index in [1.54, 1.807) is 28.9 Å². The molecule has 1 aromatic rings. The molecule has 1 aromatic carbocycles. The second-order valence-corrected chi connectivity index (χ2v) is 5.32. The van der Waals surface area contributed by atoms with Gasteiger partial charge in [0.1, 0.15) is 12.2 Å². The maximum atomic E-state index is 12.5. The standard InChI is InChI=1S/C17H19N3O5/c1-2-24-17(23)25-14-5-3-13(4-6-14)16(22)20-11-9-19(10-12-20)15(21)7-8-18/h3-6H,2,7,9-12H2,1H3. The van der Waals surface area contributed by atoms with Crippen molar-refractivity contribution in [3.8, 4) is 11.8 Å². The molecule has 0 bridgehead atoms. The van der Waals surface area contributed by atoms with Crippen LogP contribution in [0.3, 0.4) is 0 Å². The number of hydrogen-bond acceptors (Lipinski definition) is 6. The van der Waals surface area contributed by atoms with Crippen LogP contribution in [0.1, 0.15) is 23.7 Å². The first-order chi connectivity index (χ1) is 12.0. The minimum Gasteiger partial charge on any atom is -0.434 e. The maximum Gasteiger partial charge on any atom is 0.513 e. The molecule has 0 unspecified atom stereocenters. The predicted octanol–water partition coefficient (Wildman–Crippen LogP) is 1.42. The normalized spacial score (nSPS) is 13.8. The molecule has 0 atom stereocenters. The van der Waals surface area contributed by atoms with Gasteiger partial charge in [-0.2, -0.15) is 5.26 Å². The SMILES string of the molecule is CCOC(=O)Oc1ccc(C(=O)N2CCN(C(=O)CC#N)CC2)cc1. The fourth-order valence-corrected chi connectivity index (χ4v) is 2.43. The monoisotopic (exact) mass is 345 g/mol. The molecule has 25 heavy (non-hydrogen) atoms. The van der Waals surface area contributed by atoms with Crippen molar-refractivity contribution in [1.82, 2.24) is 9.80 Å². The van der Waals surface area contributed by atoms with Gasteiger partial charge in [0.2, 0.25) is 5.91 Å². The molecule has 1 aliphatic heterocycles. The molecule has 0 aromatic heterocycles. The van der Waals surface area contributed by atoms with Gasteiger partial charge in [-0.05, 0) is 31.2 Å². The molecule has 0 spiro atoms. The Morgan fingerprint density at radius 2 is 1.68 bits per heavy atom. The van der Waals surface area contributed by atoms with E-state index in [1.807, 2.05) is 6.07 Å². The van der Waals surface area contributed by atoms with Crippen LogP contribution in [0.5, 0.6) is 5.75 Å². The number of hydrogen-bond donors (Lipinski definition) is 0. The van der Waals surface area contributed by atoms with Crippen LogP contribution in [0, 0.1) is 11.3 Å². The molecule has 1 heterocycles. The number of nitriles is 1. The van der Waals surface area contributed by atoms with Crippen molar-refractivity contribution >= 4 is 18.0 Å². The molecule has 132 valence electrons. The van der Waals surface area contributed by atoms with Crippen LogP contribution in [-0.4, -0.2) is 60.6 Å². The van der Waals surface area contributed by atoms with E-state index in [-0.39, 0.29) is 24.8 Å². The zero-order chi connectivity index (χ0) is 18.2. The molecule has 8 nitrogen and oxygen atoms in total. The third kappa shape index (κ3) is 4.94. The molecule has 0 radical (unpaired) electrons. The fraction of sp³-hybridized carbons (Fsp3) is 0.412. The summed E-state index contributed by atoms with van der Waals surface area (Å²) < 4.78 is 9.62. The van der Waals surface area contributed by atoms with Gasteiger partial charge in [0.25, 0.3) is 5.91 Å². The highest BCUT2D eigenvalue weighted by Crippen LogP contribution is 2.15. The Morgan fingerprint density at radius 1 is 1.08 bits per heavy atom. The molecular formula is C17H19N3O5. The molecule has 1 fully saturated rings. The van der Waals surface area contributed by atoms with Crippen molar-refractivity contribution in [3.05, 3.63) is 29.8 Å². The summed E-state index contributed by atoms with van der Waals surface area (Å²) in [6.45, 7) is 3.55. The topological polar surface area (TPSA) is 99.9 Å². The van der Waals surface area contributed by atoms with Crippen molar-refractivity contribution in [1.29, 1.82) is 5.26 Å². The molecule has 1 aliphatic rings. The van der Waals surface area contributed by atoms with Gasteiger partial charge in [-0.3, -0.25) is 9.59 Å². The lowest BCUT2D eigenvalue weighted by Gasteiger charge is -2.34. The summed E-state index contributed by atoms with van der Waals surface area (Å²) in [7, 11) is 0. The lowest BCUT2D eigenvalue weighted by atomic mass is 10.1. The third-order valence-corrected chi connectivity index (χ3v) is 3.71. The van der Waals surface area contributed by atoms with Gasteiger partial charge in [0, 0.05) is 31.7 Å². The van der Waals surface area contributed by atoms with Crippen molar-refractivity contribution in [2.45, 2.75) is 13.3 Å². The van der Waals surface area contributed by atoms with Gasteiger partial charge in [-0.15, -0.1) is 0 Å². The Kier molecular flexibility index (Phi) is 6.34. The van der Waals surface area contributed by atoms with Crippen LogP contribution in [0.15, 0.2) is 24.3 Å². The van der Waals surface area contributed by atoms with Crippen LogP contribution in [0.2, 0.25) is 0 Å². The summed E-state index contributed by atoms with van der Waals surface area (Å²) in [5.41, 5.74) is 0.466. The van der Waals surface area contributed by atoms with Crippen molar-refractivity contribution in [2.75, 3.05) is 32.8 Å². The molecule has 1 saturated heterocycles. The van der Waals surface area contributed by atoms with Crippen LogP contribution in [-0.2, 0) is 9.53 Å². The number of carbonyl (C=O) groups is 3. The quantitative estimate of drug-likeness (QED) is 0.604. The molecule has 2 amide bonds. The van der Waals surface area contributed by atoms with Crippen LogP contribution in [0.25, 0.3) is 0 Å². The molecule has 0 N–H and O–H groups in total. The Morgan fingerprint density at radius 3 is 2.24 bits per heavy atom. The van der Waals surface area contributed by atoms with Crippen LogP contribution >= 0.6 is 0 Å². The van der Waals surface area contributed by atoms with E-state index in [1.165, 1.54) is 12.1 Å². The van der Waals surface area contributed by atoms with E-state index in [2.05, 4.69) is 4.74 Å². The molecule has 0 saturated carbocycles. The number of nitrogens with zero attached hydrogens (tertiary/aromatic N) is 3. The van der Waals surface area contributed by atoms with E-state index in [0.717, 1.165) is 0 Å². The zero-order valence-corrected chi connectivity index (χ0v) is 13.9. The minimum atomic E-state index is -0.792. The molecular weight excluding hydrogens is 326 g/mol. The van der Waals surface area contributed by atoms with Gasteiger partial charge < -0.3 is 19.3 Å². The largest absolute Gasteiger partial charge is 0.513 e. The van der Waals surface area contributed by atoms with E-state index < -0.39 is 6.16 Å². The Labute approximate surface area is 145 Å². The number of carbonyl (C=O) groups excluding carboxylic acids is 3. The first-order valence-corrected chi connectivity index (χ1v) is 7.93. The molecule has 2 rings (SSSR count). The summed E-state index contributed by atoms with van der Waals surface area (Å²) in [4.78, 5) is 38.6. The number of amides is 2. The second-order valence-electron chi connectivity index (χ2n) is 5.32. The number of rotatable bonds is 4. The van der Waals surface area contributed by atoms with Crippen molar-refractivity contribution in [2.24, 2.45) is 0 Å². The lowest BCUT2D eigenvalue weighted by molar-refractivity contribution is -0.131. The maximum absolute atomic E-state index is 12.5. The highest BCUT2D eigenvalue weighted by atomic mass is 16.7. The van der Waals surface area contributed by atoms with E-state index in [9.17, 15) is 14.4 Å². The fourth-order valence-electron chi connectivity index (χ4n) is 2.43. The second kappa shape index (κ2) is 8.68. The lowest BCUT2D eigenvalue weighted by Crippen LogP contribution is -2.50. The van der Waals surface area contributed by atoms with Crippen LogP contribution in [0.4, 0.5) is 4.79 Å². The third-order valence-electron chi connectivity index (χ3n) is 3.71. The summed E-state index contributed by atoms with van der Waals surface area (Å²) >= 11 is 0. The first kappa shape index (κ1) is 18.3. The highest BCUT2D eigenvalue weighted by Gasteiger charge is 2.24. The first-order valence-electron chi connectivity index (χ1n) is 7.93. The van der Waals surface area contributed by atoms with Crippen LogP contribution < -0.4 is 4.74 Å². The zero-order valence-electron chi connectivity index (χ0n) is 13.9. The summed E-state index contributed by atoms with van der Waals surface area (Å²) in [5.74, 6) is -0.0768. The summed E-state index contributed by atoms with van der Waals surface area (Å²) in [5, 5.41) is 8.56. The molecule has 8 heteroatoms. The Bertz CT molecular complexity index is 673.